The first kappa shape index (κ1) is 16.9. The molecular weight excluding hydrogens is 430 g/mol. The third-order valence-corrected chi connectivity index (χ3v) is 6.89. The minimum Gasteiger partial charge on any atom is -0.480 e. The number of hydrogen-bond acceptors (Lipinski definition) is 4. The van der Waals surface area contributed by atoms with Crippen molar-refractivity contribution >= 4 is 47.9 Å². The van der Waals surface area contributed by atoms with E-state index in [0.717, 1.165) is 9.87 Å². The van der Waals surface area contributed by atoms with Crippen LogP contribution in [0.5, 0.6) is 0 Å². The molecule has 0 aromatic heterocycles. The zero-order chi connectivity index (χ0) is 15.8. The molecule has 1 heterocycles. The molecule has 0 spiro atoms. The van der Waals surface area contributed by atoms with Crippen LogP contribution in [0, 0.1) is 6.92 Å². The van der Waals surface area contributed by atoms with Crippen LogP contribution >= 0.6 is 31.9 Å². The second-order valence-corrected chi connectivity index (χ2v) is 8.14. The van der Waals surface area contributed by atoms with Gasteiger partial charge in [-0.1, -0.05) is 15.9 Å². The van der Waals surface area contributed by atoms with E-state index < -0.39 is 22.0 Å². The SMILES string of the molecule is Cc1cc(Br)c(S(=O)(=O)N2CCOCC2C(=O)O)cc1Br. The van der Waals surface area contributed by atoms with E-state index in [9.17, 15) is 18.3 Å². The monoisotopic (exact) mass is 441 g/mol. The van der Waals surface area contributed by atoms with E-state index in [4.69, 9.17) is 4.74 Å². The molecule has 1 aliphatic heterocycles. The molecule has 1 aromatic rings. The molecule has 2 rings (SSSR count). The highest BCUT2D eigenvalue weighted by Gasteiger charge is 2.39. The van der Waals surface area contributed by atoms with Gasteiger partial charge >= 0.3 is 5.97 Å². The minimum atomic E-state index is -3.93. The number of benzene rings is 1. The second kappa shape index (κ2) is 6.33. The highest BCUT2D eigenvalue weighted by atomic mass is 79.9. The molecule has 1 fully saturated rings. The molecule has 1 N–H and O–H groups in total. The van der Waals surface area contributed by atoms with E-state index in [1.807, 2.05) is 6.92 Å². The van der Waals surface area contributed by atoms with Crippen molar-refractivity contribution in [2.24, 2.45) is 0 Å². The van der Waals surface area contributed by atoms with Gasteiger partial charge in [0.1, 0.15) is 6.04 Å². The third kappa shape index (κ3) is 3.31. The number of ether oxygens (including phenoxy) is 1. The van der Waals surface area contributed by atoms with E-state index >= 15 is 0 Å². The molecule has 1 atom stereocenters. The Hall–Kier alpha value is -0.480. The van der Waals surface area contributed by atoms with Crippen LogP contribution in [0.25, 0.3) is 0 Å². The van der Waals surface area contributed by atoms with Gasteiger partial charge in [-0.05, 0) is 40.5 Å². The summed E-state index contributed by atoms with van der Waals surface area (Å²) in [5.74, 6) is -1.22. The molecule has 6 nitrogen and oxygen atoms in total. The zero-order valence-electron chi connectivity index (χ0n) is 11.0. The fourth-order valence-electron chi connectivity index (χ4n) is 2.02. The fourth-order valence-corrected chi connectivity index (χ4v) is 5.21. The molecule has 0 saturated carbocycles. The zero-order valence-corrected chi connectivity index (χ0v) is 15.0. The van der Waals surface area contributed by atoms with E-state index in [0.29, 0.717) is 8.95 Å². The third-order valence-electron chi connectivity index (χ3n) is 3.16. The number of rotatable bonds is 3. The molecule has 0 amide bonds. The number of morpholine rings is 1. The average Bonchev–Trinajstić information content (AvgIpc) is 2.42. The van der Waals surface area contributed by atoms with Crippen LogP contribution in [-0.4, -0.2) is 49.6 Å². The topological polar surface area (TPSA) is 83.9 Å². The Balaban J connectivity index is 2.50. The van der Waals surface area contributed by atoms with Gasteiger partial charge in [0, 0.05) is 15.5 Å². The first-order valence-corrected chi connectivity index (χ1v) is 9.06. The summed E-state index contributed by atoms with van der Waals surface area (Å²) < 4.78 is 32.6. The molecule has 9 heteroatoms. The number of carbonyl (C=O) groups is 1. The number of carboxylic acids is 1. The Bertz CT molecular complexity index is 676. The molecular formula is C12H13Br2NO5S. The molecule has 1 aliphatic rings. The number of sulfonamides is 1. The lowest BCUT2D eigenvalue weighted by Gasteiger charge is -2.32. The summed E-state index contributed by atoms with van der Waals surface area (Å²) in [6.07, 6.45) is 0. The fraction of sp³-hybridized carbons (Fsp3) is 0.417. The second-order valence-electron chi connectivity index (χ2n) is 4.58. The summed E-state index contributed by atoms with van der Waals surface area (Å²) in [6.45, 7) is 1.87. The summed E-state index contributed by atoms with van der Waals surface area (Å²) in [7, 11) is -3.93. The number of hydrogen-bond donors (Lipinski definition) is 1. The Morgan fingerprint density at radius 3 is 2.67 bits per heavy atom. The summed E-state index contributed by atoms with van der Waals surface area (Å²) in [5.41, 5.74) is 0.873. The molecule has 0 radical (unpaired) electrons. The van der Waals surface area contributed by atoms with Gasteiger partial charge in [-0.15, -0.1) is 0 Å². The first-order valence-electron chi connectivity index (χ1n) is 6.03. The largest absolute Gasteiger partial charge is 0.480 e. The smallest absolute Gasteiger partial charge is 0.324 e. The van der Waals surface area contributed by atoms with Gasteiger partial charge in [0.05, 0.1) is 18.1 Å². The molecule has 1 aromatic carbocycles. The van der Waals surface area contributed by atoms with Crippen molar-refractivity contribution in [3.05, 3.63) is 26.6 Å². The van der Waals surface area contributed by atoms with Gasteiger partial charge in [-0.25, -0.2) is 8.42 Å². The van der Waals surface area contributed by atoms with E-state index in [2.05, 4.69) is 31.9 Å². The summed E-state index contributed by atoms with van der Waals surface area (Å²) in [6, 6.07) is 1.94. The molecule has 1 saturated heterocycles. The van der Waals surface area contributed by atoms with Crippen molar-refractivity contribution in [3.63, 3.8) is 0 Å². The Morgan fingerprint density at radius 2 is 2.05 bits per heavy atom. The van der Waals surface area contributed by atoms with E-state index in [1.165, 1.54) is 6.07 Å². The lowest BCUT2D eigenvalue weighted by molar-refractivity contribution is -0.146. The minimum absolute atomic E-state index is 0.0111. The van der Waals surface area contributed by atoms with Crippen LogP contribution in [0.4, 0.5) is 0 Å². The van der Waals surface area contributed by atoms with Crippen molar-refractivity contribution in [3.8, 4) is 0 Å². The van der Waals surface area contributed by atoms with Crippen LogP contribution in [0.15, 0.2) is 26.0 Å². The van der Waals surface area contributed by atoms with Crippen LogP contribution in [0.1, 0.15) is 5.56 Å². The molecule has 21 heavy (non-hydrogen) atoms. The number of halogens is 2. The van der Waals surface area contributed by atoms with Crippen LogP contribution in [0.3, 0.4) is 0 Å². The van der Waals surface area contributed by atoms with Crippen molar-refractivity contribution in [1.29, 1.82) is 0 Å². The Morgan fingerprint density at radius 1 is 1.38 bits per heavy atom. The number of aliphatic carboxylic acids is 1. The predicted octanol–water partition coefficient (Wildman–Crippen LogP) is 1.99. The van der Waals surface area contributed by atoms with Gasteiger partial charge in [-0.2, -0.15) is 4.31 Å². The first-order chi connectivity index (χ1) is 9.75. The molecule has 0 aliphatic carbocycles. The highest BCUT2D eigenvalue weighted by Crippen LogP contribution is 2.32. The maximum atomic E-state index is 12.7. The average molecular weight is 443 g/mol. The van der Waals surface area contributed by atoms with E-state index in [-0.39, 0.29) is 24.7 Å². The van der Waals surface area contributed by atoms with Gasteiger partial charge in [-0.3, -0.25) is 4.79 Å². The maximum Gasteiger partial charge on any atom is 0.324 e. The molecule has 116 valence electrons. The van der Waals surface area contributed by atoms with Crippen LogP contribution < -0.4 is 0 Å². The number of carboxylic acid groups (broad SMARTS) is 1. The van der Waals surface area contributed by atoms with Gasteiger partial charge in [0.15, 0.2) is 0 Å². The van der Waals surface area contributed by atoms with Gasteiger partial charge in [0.25, 0.3) is 0 Å². The number of aryl methyl sites for hydroxylation is 1. The lowest BCUT2D eigenvalue weighted by atomic mass is 10.2. The maximum absolute atomic E-state index is 12.7. The lowest BCUT2D eigenvalue weighted by Crippen LogP contribution is -2.52. The van der Waals surface area contributed by atoms with Crippen molar-refractivity contribution < 1.29 is 23.1 Å². The summed E-state index contributed by atoms with van der Waals surface area (Å²) >= 11 is 6.53. The standard InChI is InChI=1S/C12H13Br2NO5S/c1-7-4-9(14)11(5-8(7)13)21(18,19)15-2-3-20-6-10(15)12(16)17/h4-5,10H,2-3,6H2,1H3,(H,16,17). The summed E-state index contributed by atoms with van der Waals surface area (Å²) in [4.78, 5) is 11.3. The van der Waals surface area contributed by atoms with Crippen LogP contribution in [-0.2, 0) is 19.6 Å². The summed E-state index contributed by atoms with van der Waals surface area (Å²) in [5, 5.41) is 9.18. The Kier molecular flexibility index (Phi) is 5.09. The quantitative estimate of drug-likeness (QED) is 0.773. The van der Waals surface area contributed by atoms with Crippen molar-refractivity contribution in [2.75, 3.05) is 19.8 Å². The van der Waals surface area contributed by atoms with Crippen molar-refractivity contribution in [1.82, 2.24) is 4.31 Å². The van der Waals surface area contributed by atoms with Crippen LogP contribution in [0.2, 0.25) is 0 Å². The highest BCUT2D eigenvalue weighted by molar-refractivity contribution is 9.11. The van der Waals surface area contributed by atoms with E-state index in [1.54, 1.807) is 6.07 Å². The van der Waals surface area contributed by atoms with Gasteiger partial charge in [0.2, 0.25) is 10.0 Å². The molecule has 0 bridgehead atoms. The Labute approximate surface area is 139 Å². The number of nitrogens with zero attached hydrogens (tertiary/aromatic N) is 1. The molecule has 1 unspecified atom stereocenters. The normalized spacial score (nSPS) is 20.4. The predicted molar refractivity (Wildman–Crippen MR) is 82.7 cm³/mol. The van der Waals surface area contributed by atoms with Crippen molar-refractivity contribution in [2.45, 2.75) is 17.9 Å². The van der Waals surface area contributed by atoms with Gasteiger partial charge < -0.3 is 9.84 Å².